The molecule has 3 N–H and O–H groups in total. The smallest absolute Gasteiger partial charge is 0.382 e. The molecule has 12 amide bonds. The van der Waals surface area contributed by atoms with Gasteiger partial charge in [0, 0.05) is 95.7 Å². The van der Waals surface area contributed by atoms with Crippen LogP contribution in [0.2, 0.25) is 0 Å². The van der Waals surface area contributed by atoms with Crippen molar-refractivity contribution < 1.29 is 84.9 Å². The van der Waals surface area contributed by atoms with Gasteiger partial charge in [-0.2, -0.15) is 13.2 Å². The molecular formula is C78H127F3N12O15. The number of hydrogen-bond acceptors (Lipinski definition) is 15. The molecule has 4 aliphatic heterocycles. The van der Waals surface area contributed by atoms with Crippen LogP contribution in [0, 0.1) is 40.9 Å². The highest BCUT2D eigenvalue weighted by Crippen LogP contribution is 2.50. The van der Waals surface area contributed by atoms with Crippen LogP contribution in [-0.4, -0.2) is 296 Å². The monoisotopic (exact) mass is 1530 g/mol. The highest BCUT2D eigenvalue weighted by molar-refractivity contribution is 6.01. The van der Waals surface area contributed by atoms with E-state index < -0.39 is 192 Å². The van der Waals surface area contributed by atoms with E-state index in [-0.39, 0.29) is 96.4 Å². The Morgan fingerprint density at radius 3 is 1.89 bits per heavy atom. The predicted octanol–water partition coefficient (Wildman–Crippen LogP) is 5.55. The second-order valence-electron chi connectivity index (χ2n) is 33.0. The average molecular weight is 1530 g/mol. The maximum Gasteiger partial charge on any atom is 0.394 e. The minimum Gasteiger partial charge on any atom is -0.382 e. The fraction of sp³-hybridized carbons (Fsp3) is 0.821. The van der Waals surface area contributed by atoms with Crippen molar-refractivity contribution >= 4 is 70.9 Å². The number of amides is 12. The van der Waals surface area contributed by atoms with Gasteiger partial charge in [0.2, 0.25) is 70.9 Å². The molecule has 1 spiro atoms. The number of likely N-dealkylation sites (N-methyl/N-ethyl adjacent to an activating group) is 6. The van der Waals surface area contributed by atoms with Crippen molar-refractivity contribution in [2.24, 2.45) is 40.9 Å². The molecule has 3 saturated heterocycles. The van der Waals surface area contributed by atoms with Gasteiger partial charge in [0.25, 0.3) is 0 Å². The van der Waals surface area contributed by atoms with Crippen molar-refractivity contribution in [3.05, 3.63) is 12.2 Å². The molecule has 0 radical (unpaired) electrons. The van der Waals surface area contributed by atoms with Gasteiger partial charge in [0.05, 0.1) is 44.2 Å². The zero-order chi connectivity index (χ0) is 80.0. The average Bonchev–Trinajstić information content (AvgIpc) is 0.913. The number of carbonyl (C=O) groups is 12. The van der Waals surface area contributed by atoms with Gasteiger partial charge >= 0.3 is 6.18 Å². The van der Waals surface area contributed by atoms with E-state index in [4.69, 9.17) is 14.2 Å². The van der Waals surface area contributed by atoms with Gasteiger partial charge in [-0.1, -0.05) is 106 Å². The summed E-state index contributed by atoms with van der Waals surface area (Å²) in [4.78, 5) is 195. The summed E-state index contributed by atoms with van der Waals surface area (Å²) in [5.74, 6) is -10.8. The zero-order valence-electron chi connectivity index (χ0n) is 67.2. The summed E-state index contributed by atoms with van der Waals surface area (Å²) < 4.78 is 60.2. The van der Waals surface area contributed by atoms with E-state index in [2.05, 4.69) is 22.9 Å². The van der Waals surface area contributed by atoms with Gasteiger partial charge in [-0.05, 0) is 119 Å². The molecular weight excluding hydrogens is 1400 g/mol. The van der Waals surface area contributed by atoms with Crippen molar-refractivity contribution in [2.75, 3.05) is 109 Å². The van der Waals surface area contributed by atoms with E-state index in [9.17, 15) is 37.1 Å². The Hall–Kier alpha value is -6.95. The number of hydrogen-bond donors (Lipinski definition) is 3. The van der Waals surface area contributed by atoms with Crippen LogP contribution < -0.4 is 16.0 Å². The molecule has 4 heterocycles. The van der Waals surface area contributed by atoms with Crippen LogP contribution in [0.3, 0.4) is 0 Å². The lowest BCUT2D eigenvalue weighted by Crippen LogP contribution is -2.71. The molecule has 7 rings (SSSR count). The lowest BCUT2D eigenvalue weighted by atomic mass is 9.58. The minimum atomic E-state index is -4.53. The number of fused-ring (bicyclic) bond motifs is 3. The minimum absolute atomic E-state index is 0.00659. The molecule has 108 heavy (non-hydrogen) atoms. The summed E-state index contributed by atoms with van der Waals surface area (Å²) >= 11 is 0. The van der Waals surface area contributed by atoms with E-state index >= 15 is 33.6 Å². The third-order valence-corrected chi connectivity index (χ3v) is 24.7. The van der Waals surface area contributed by atoms with Gasteiger partial charge < -0.3 is 74.3 Å². The van der Waals surface area contributed by atoms with E-state index in [1.807, 2.05) is 40.7 Å². The molecule has 610 valence electrons. The Labute approximate surface area is 637 Å². The number of nitrogens with one attached hydrogen (secondary N) is 3. The Balaban J connectivity index is 1.34. The fourth-order valence-electron chi connectivity index (χ4n) is 18.0. The van der Waals surface area contributed by atoms with Gasteiger partial charge in [0.1, 0.15) is 53.9 Å². The van der Waals surface area contributed by atoms with Crippen molar-refractivity contribution in [1.82, 2.24) is 60.0 Å². The molecule has 13 atom stereocenters. The molecule has 2 bridgehead atoms. The Kier molecular flexibility index (Phi) is 31.7. The van der Waals surface area contributed by atoms with Gasteiger partial charge in [-0.15, -0.1) is 0 Å². The number of alkyl halides is 3. The summed E-state index contributed by atoms with van der Waals surface area (Å²) in [7, 11) is 11.1. The number of rotatable bonds is 16. The standard InChI is InChI=1S/C78H127F3N12O15/c1-17-49(6)65-73(103)86(10)44-64(96)87(11)56-26-22-21-23-37-92(72(56)102)59(38-50-29-27-48(5)28-30-50)70(100)85(9)43-62(94)82-55(34-32-51-31-33-54(78(79,80)81)61(39-51)107-16)69(99)93-42-53(108-20-4)40-57(93)68(98)84-77(46-76(7,8)47-77)75(105)90(14)66(52(18-2)19-3)74(104)89(13)58(71(101)91-35-24-25-36-91)41-63(95)88(12)60(45-106-15)67(97)83-65/h21-22,48-61,65-66H,17-20,23-47H2,1-16H3,(H,82,94)(H,83,97)(H,84,98)/b22-21-/t48?,49-,50?,51?,53+,54?,55-,56-,57-,58-,59-,60-,61?,65-,66-/m0/s1. The summed E-state index contributed by atoms with van der Waals surface area (Å²) in [6.07, 6.45) is 2.99. The van der Waals surface area contributed by atoms with Crippen LogP contribution in [0.1, 0.15) is 190 Å². The van der Waals surface area contributed by atoms with Crippen LogP contribution in [0.4, 0.5) is 13.2 Å². The zero-order valence-corrected chi connectivity index (χ0v) is 67.2. The highest BCUT2D eigenvalue weighted by Gasteiger charge is 2.59. The van der Waals surface area contributed by atoms with Gasteiger partial charge in [-0.3, -0.25) is 57.5 Å². The lowest BCUT2D eigenvalue weighted by molar-refractivity contribution is -0.215. The van der Waals surface area contributed by atoms with E-state index in [0.717, 1.165) is 35.5 Å². The number of ether oxygens (including phenoxy) is 3. The van der Waals surface area contributed by atoms with Crippen molar-refractivity contribution in [3.8, 4) is 0 Å². The molecule has 3 aliphatic carbocycles. The van der Waals surface area contributed by atoms with E-state index in [1.165, 1.54) is 85.9 Å². The third kappa shape index (κ3) is 21.4. The van der Waals surface area contributed by atoms with Crippen LogP contribution in [0.25, 0.3) is 0 Å². The topological polar surface area (TPSA) is 298 Å². The lowest BCUT2D eigenvalue weighted by Gasteiger charge is -2.54. The number of nitrogens with zero attached hydrogens (tertiary/aromatic N) is 9. The molecule has 30 heteroatoms. The Morgan fingerprint density at radius 2 is 1.30 bits per heavy atom. The molecule has 0 aromatic carbocycles. The quantitative estimate of drug-likeness (QED) is 0.160. The second-order valence-corrected chi connectivity index (χ2v) is 33.0. The summed E-state index contributed by atoms with van der Waals surface area (Å²) in [5, 5.41) is 8.82. The number of carbonyl (C=O) groups excluding carboxylic acids is 12. The number of likely N-dealkylation sites (tertiary alicyclic amines) is 1. The largest absolute Gasteiger partial charge is 0.394 e. The van der Waals surface area contributed by atoms with E-state index in [0.29, 0.717) is 57.5 Å². The predicted molar refractivity (Wildman–Crippen MR) is 397 cm³/mol. The molecule has 0 aromatic heterocycles. The first-order chi connectivity index (χ1) is 50.9. The van der Waals surface area contributed by atoms with Crippen LogP contribution in [0.5, 0.6) is 0 Å². The highest BCUT2D eigenvalue weighted by atomic mass is 19.4. The summed E-state index contributed by atoms with van der Waals surface area (Å²) in [6.45, 7) is 14.3. The van der Waals surface area contributed by atoms with Crippen molar-refractivity contribution in [3.63, 3.8) is 0 Å². The second kappa shape index (κ2) is 38.8. The maximum absolute atomic E-state index is 15.9. The van der Waals surface area contributed by atoms with Crippen LogP contribution in [-0.2, 0) is 71.7 Å². The SMILES string of the molecule is CCO[C@@H]1C[C@H]2C(=O)NC3(CC(C)(C)C3)C(=O)N(C)[C@@H](C(CC)CC)C(=O)N(C)[C@H](C(=O)N3CCCC3)CC(=O)N(C)[C@@H](COC)C(=O)N[C@@H]([C@@H](C)CC)C(=O)N(C)CC(=O)N(C)[C@H]3C/C=C\CCN(C3=O)[C@@H](CC3CCC(C)CC3)C(=O)N(C)CC(=O)N[C@@H](CCC3CCC(C(F)(F)F)C(OC)C3)C(=O)N2C1. The van der Waals surface area contributed by atoms with Gasteiger partial charge in [0.15, 0.2) is 0 Å². The Bertz CT molecular complexity index is 3190. The molecule has 6 fully saturated rings. The van der Waals surface area contributed by atoms with Crippen LogP contribution >= 0.6 is 0 Å². The normalized spacial score (nSPS) is 31.5. The molecule has 7 aliphatic rings. The number of methoxy groups -OCH3 is 2. The fourth-order valence-corrected chi connectivity index (χ4v) is 18.0. The maximum atomic E-state index is 15.9. The summed E-state index contributed by atoms with van der Waals surface area (Å²) in [6, 6.07) is -10.5. The molecule has 0 aromatic rings. The van der Waals surface area contributed by atoms with Crippen molar-refractivity contribution in [2.45, 2.75) is 262 Å². The number of halogens is 3. The van der Waals surface area contributed by atoms with Gasteiger partial charge in [-0.25, -0.2) is 0 Å². The van der Waals surface area contributed by atoms with E-state index in [1.54, 1.807) is 24.8 Å². The first kappa shape index (κ1) is 88.3. The summed E-state index contributed by atoms with van der Waals surface area (Å²) in [5.41, 5.74) is -2.21. The van der Waals surface area contributed by atoms with Crippen molar-refractivity contribution in [1.29, 1.82) is 0 Å². The first-order valence-corrected chi connectivity index (χ1v) is 39.6. The molecule has 3 saturated carbocycles. The molecule has 3 unspecified atom stereocenters. The Morgan fingerprint density at radius 1 is 0.657 bits per heavy atom. The third-order valence-electron chi connectivity index (χ3n) is 24.7. The van der Waals surface area contributed by atoms with Crippen LogP contribution in [0.15, 0.2) is 12.2 Å². The molecule has 27 nitrogen and oxygen atoms in total. The first-order valence-electron chi connectivity index (χ1n) is 39.6.